The Hall–Kier alpha value is -0.640. The molecule has 1 aromatic carbocycles. The van der Waals surface area contributed by atoms with E-state index in [-0.39, 0.29) is 0 Å². The summed E-state index contributed by atoms with van der Waals surface area (Å²) in [6.07, 6.45) is -4.25. The molecule has 0 aliphatic heterocycles. The zero-order valence-electron chi connectivity index (χ0n) is 5.44. The largest absolute Gasteiger partial charge is 0.416 e. The molecule has 0 unspecified atom stereocenters. The van der Waals surface area contributed by atoms with Crippen LogP contribution in [0.25, 0.3) is 0 Å². The molecule has 1 aromatic rings. The first-order valence-electron chi connectivity index (χ1n) is 2.89. The van der Waals surface area contributed by atoms with Gasteiger partial charge < -0.3 is 0 Å². The molecule has 0 aromatic heterocycles. The van der Waals surface area contributed by atoms with Gasteiger partial charge in [0.2, 0.25) is 0 Å². The summed E-state index contributed by atoms with van der Waals surface area (Å²) in [5.74, 6) is 0. The molecule has 0 heterocycles. The first-order chi connectivity index (χ1) is 5.00. The molecule has 0 fully saturated rings. The van der Waals surface area contributed by atoms with E-state index >= 15 is 0 Å². The summed E-state index contributed by atoms with van der Waals surface area (Å²) < 4.78 is 35.8. The fourth-order valence-corrected chi connectivity index (χ4v) is 0.947. The minimum absolute atomic E-state index is 0.430. The topological polar surface area (TPSA) is 0 Å². The molecule has 0 bridgehead atoms. The van der Waals surface area contributed by atoms with Gasteiger partial charge in [-0.3, -0.25) is 0 Å². The first kappa shape index (κ1) is 8.46. The predicted molar refractivity (Wildman–Crippen MR) is 39.9 cm³/mol. The molecule has 0 nitrogen and oxygen atoms in total. The molecule has 0 aliphatic rings. The summed E-state index contributed by atoms with van der Waals surface area (Å²) in [5.41, 5.74) is -0.634. The third-order valence-corrected chi connectivity index (χ3v) is 1.50. The van der Waals surface area contributed by atoms with Crippen molar-refractivity contribution in [3.8, 4) is 0 Å². The molecule has 0 spiro atoms. The molecule has 0 aliphatic carbocycles. The quantitative estimate of drug-likeness (QED) is 0.535. The van der Waals surface area contributed by atoms with Gasteiger partial charge in [-0.1, -0.05) is 6.07 Å². The van der Waals surface area contributed by atoms with Gasteiger partial charge in [0.25, 0.3) is 0 Å². The van der Waals surface area contributed by atoms with E-state index in [0.29, 0.717) is 4.90 Å². The molecule has 0 saturated heterocycles. The van der Waals surface area contributed by atoms with E-state index in [1.807, 2.05) is 0 Å². The van der Waals surface area contributed by atoms with Crippen molar-refractivity contribution in [3.05, 3.63) is 29.8 Å². The van der Waals surface area contributed by atoms with Gasteiger partial charge in [-0.2, -0.15) is 13.2 Å². The molecule has 11 heavy (non-hydrogen) atoms. The van der Waals surface area contributed by atoms with Crippen LogP contribution in [-0.2, 0) is 18.8 Å². The molecular weight excluding hydrogens is 173 g/mol. The number of alkyl halides is 3. The molecule has 0 N–H and O–H groups in total. The van der Waals surface area contributed by atoms with Crippen LogP contribution in [0, 0.1) is 0 Å². The summed E-state index contributed by atoms with van der Waals surface area (Å²) in [4.78, 5) is 0.430. The second kappa shape index (κ2) is 2.77. The molecular formula is C7H6F3S+. The minimum atomic E-state index is -4.25. The molecule has 0 amide bonds. The number of rotatable bonds is 0. The van der Waals surface area contributed by atoms with Gasteiger partial charge in [0.05, 0.1) is 5.56 Å². The Kier molecular flexibility index (Phi) is 2.13. The van der Waals surface area contributed by atoms with Gasteiger partial charge in [-0.25, -0.2) is 0 Å². The van der Waals surface area contributed by atoms with Crippen molar-refractivity contribution in [2.45, 2.75) is 11.1 Å². The standard InChI is InChI=1S/C7H5F3S/c8-7(9,10)5-2-1-3-6(11)4-5/h1-4,11H/p+1. The summed E-state index contributed by atoms with van der Waals surface area (Å²) >= 11 is 3.00. The van der Waals surface area contributed by atoms with Crippen LogP contribution in [0.15, 0.2) is 29.2 Å². The summed E-state index contributed by atoms with van der Waals surface area (Å²) in [7, 11) is 0. The smallest absolute Gasteiger partial charge is 0.166 e. The average Bonchev–Trinajstić information content (AvgIpc) is 1.86. The molecule has 1 rings (SSSR count). The number of halogens is 3. The van der Waals surface area contributed by atoms with Crippen LogP contribution < -0.4 is 0 Å². The van der Waals surface area contributed by atoms with Crippen molar-refractivity contribution in [2.24, 2.45) is 0 Å². The van der Waals surface area contributed by atoms with Crippen molar-refractivity contribution in [1.82, 2.24) is 0 Å². The third-order valence-electron chi connectivity index (χ3n) is 1.19. The van der Waals surface area contributed by atoms with Crippen molar-refractivity contribution >= 4 is 12.6 Å². The Morgan fingerprint density at radius 2 is 1.82 bits per heavy atom. The normalized spacial score (nSPS) is 11.6. The SMILES string of the molecule is FC(F)(F)c1cccc([SH2+])c1. The van der Waals surface area contributed by atoms with E-state index < -0.39 is 11.7 Å². The fourth-order valence-electron chi connectivity index (χ4n) is 0.696. The van der Waals surface area contributed by atoms with E-state index in [9.17, 15) is 13.2 Å². The van der Waals surface area contributed by atoms with Gasteiger partial charge >= 0.3 is 6.18 Å². The van der Waals surface area contributed by atoms with Crippen LogP contribution in [0.5, 0.6) is 0 Å². The fraction of sp³-hybridized carbons (Fsp3) is 0.143. The number of hydrogen-bond donors (Lipinski definition) is 0. The van der Waals surface area contributed by atoms with Crippen LogP contribution in [0.1, 0.15) is 5.56 Å². The Balaban J connectivity index is 3.06. The van der Waals surface area contributed by atoms with Crippen LogP contribution in [0.2, 0.25) is 0 Å². The van der Waals surface area contributed by atoms with Crippen LogP contribution in [0.4, 0.5) is 13.2 Å². The lowest BCUT2D eigenvalue weighted by Gasteiger charge is -2.04. The van der Waals surface area contributed by atoms with Crippen LogP contribution in [-0.4, -0.2) is 0 Å². The summed E-state index contributed by atoms with van der Waals surface area (Å²) in [6, 6.07) is 4.97. The van der Waals surface area contributed by atoms with Gasteiger partial charge in [0.15, 0.2) is 4.90 Å². The van der Waals surface area contributed by atoms with E-state index in [0.717, 1.165) is 12.1 Å². The van der Waals surface area contributed by atoms with E-state index in [4.69, 9.17) is 0 Å². The molecule has 4 heteroatoms. The van der Waals surface area contributed by atoms with Gasteiger partial charge in [-0.05, 0) is 24.8 Å². The highest BCUT2D eigenvalue weighted by molar-refractivity contribution is 7.58. The molecule has 0 radical (unpaired) electrons. The predicted octanol–water partition coefficient (Wildman–Crippen LogP) is 2.08. The van der Waals surface area contributed by atoms with Crippen molar-refractivity contribution in [3.63, 3.8) is 0 Å². The minimum Gasteiger partial charge on any atom is -0.166 e. The average molecular weight is 179 g/mol. The third kappa shape index (κ3) is 2.15. The second-order valence-electron chi connectivity index (χ2n) is 2.08. The zero-order valence-corrected chi connectivity index (χ0v) is 6.44. The first-order valence-corrected chi connectivity index (χ1v) is 3.39. The maximum absolute atomic E-state index is 11.9. The Morgan fingerprint density at radius 1 is 1.18 bits per heavy atom. The highest BCUT2D eigenvalue weighted by Gasteiger charge is 2.30. The van der Waals surface area contributed by atoms with E-state index in [2.05, 4.69) is 12.6 Å². The Bertz CT molecular complexity index is 254. The Labute approximate surface area is 67.4 Å². The summed E-state index contributed by atoms with van der Waals surface area (Å²) in [5, 5.41) is 0. The monoisotopic (exact) mass is 179 g/mol. The van der Waals surface area contributed by atoms with E-state index in [1.165, 1.54) is 6.07 Å². The van der Waals surface area contributed by atoms with Crippen molar-refractivity contribution < 1.29 is 13.2 Å². The lowest BCUT2D eigenvalue weighted by atomic mass is 10.2. The Morgan fingerprint density at radius 3 is 2.18 bits per heavy atom. The second-order valence-corrected chi connectivity index (χ2v) is 2.66. The van der Waals surface area contributed by atoms with E-state index in [1.54, 1.807) is 6.07 Å². The van der Waals surface area contributed by atoms with Gasteiger partial charge in [0, 0.05) is 6.07 Å². The lowest BCUT2D eigenvalue weighted by molar-refractivity contribution is -0.137. The molecule has 60 valence electrons. The highest BCUT2D eigenvalue weighted by Crippen LogP contribution is 2.29. The van der Waals surface area contributed by atoms with Gasteiger partial charge in [0.1, 0.15) is 0 Å². The van der Waals surface area contributed by atoms with Crippen molar-refractivity contribution in [1.29, 1.82) is 0 Å². The van der Waals surface area contributed by atoms with Crippen molar-refractivity contribution in [2.75, 3.05) is 0 Å². The summed E-state index contributed by atoms with van der Waals surface area (Å²) in [6.45, 7) is 0. The highest BCUT2D eigenvalue weighted by atomic mass is 32.1. The van der Waals surface area contributed by atoms with Gasteiger partial charge in [-0.15, -0.1) is 0 Å². The molecule has 0 atom stereocenters. The van der Waals surface area contributed by atoms with Crippen LogP contribution >= 0.6 is 0 Å². The maximum atomic E-state index is 11.9. The van der Waals surface area contributed by atoms with Crippen LogP contribution in [0.3, 0.4) is 0 Å². The number of benzene rings is 1. The molecule has 0 saturated carbocycles. The lowest BCUT2D eigenvalue weighted by Crippen LogP contribution is -2.04. The zero-order chi connectivity index (χ0) is 8.48. The maximum Gasteiger partial charge on any atom is 0.416 e. The number of hydrogen-bond acceptors (Lipinski definition) is 0.